The smallest absolute Gasteiger partial charge is 0.242 e. The molecule has 0 aromatic rings. The maximum atomic E-state index is 12.2. The van der Waals surface area contributed by atoms with E-state index in [9.17, 15) is 9.59 Å². The second-order valence-corrected chi connectivity index (χ2v) is 5.32. The van der Waals surface area contributed by atoms with Gasteiger partial charge in [-0.2, -0.15) is 0 Å². The summed E-state index contributed by atoms with van der Waals surface area (Å²) in [7, 11) is 0. The van der Waals surface area contributed by atoms with Crippen LogP contribution in [-0.4, -0.2) is 36.0 Å². The highest BCUT2D eigenvalue weighted by molar-refractivity contribution is 5.92. The molecule has 18 heavy (non-hydrogen) atoms. The van der Waals surface area contributed by atoms with E-state index < -0.39 is 11.6 Å². The van der Waals surface area contributed by atoms with E-state index in [-0.39, 0.29) is 17.9 Å². The molecule has 0 radical (unpaired) electrons. The maximum Gasteiger partial charge on any atom is 0.242 e. The monoisotopic (exact) mass is 255 g/mol. The van der Waals surface area contributed by atoms with Crippen molar-refractivity contribution in [2.75, 3.05) is 6.54 Å². The summed E-state index contributed by atoms with van der Waals surface area (Å²) in [5, 5.41) is 8.86. The lowest BCUT2D eigenvalue weighted by atomic mass is 9.93. The molecular formula is C13H25N3O2. The van der Waals surface area contributed by atoms with Gasteiger partial charge in [0.15, 0.2) is 0 Å². The summed E-state index contributed by atoms with van der Waals surface area (Å²) in [6.07, 6.45) is 2.60. The fourth-order valence-electron chi connectivity index (χ4n) is 2.27. The standard InChI is InChI=1S/C13H25N3O2/c1-5-13(7-6-8-14-13)12(18)16-10(4)11(17)15-9(2)3/h9-10,14H,5-8H2,1-4H3,(H,15,17)(H,16,18). The Labute approximate surface area is 109 Å². The van der Waals surface area contributed by atoms with E-state index in [0.29, 0.717) is 0 Å². The van der Waals surface area contributed by atoms with Crippen molar-refractivity contribution in [2.45, 2.75) is 64.6 Å². The molecule has 104 valence electrons. The first-order valence-electron chi connectivity index (χ1n) is 6.77. The predicted octanol–water partition coefficient (Wildman–Crippen LogP) is 0.548. The number of nitrogens with one attached hydrogen (secondary N) is 3. The van der Waals surface area contributed by atoms with Gasteiger partial charge < -0.3 is 16.0 Å². The van der Waals surface area contributed by atoms with Gasteiger partial charge in [-0.15, -0.1) is 0 Å². The summed E-state index contributed by atoms with van der Waals surface area (Å²) in [4.78, 5) is 24.0. The molecule has 1 heterocycles. The molecule has 0 aromatic heterocycles. The van der Waals surface area contributed by atoms with Crippen LogP contribution in [0.15, 0.2) is 0 Å². The Hall–Kier alpha value is -1.10. The molecule has 5 nitrogen and oxygen atoms in total. The van der Waals surface area contributed by atoms with Gasteiger partial charge in [0.1, 0.15) is 6.04 Å². The maximum absolute atomic E-state index is 12.2. The molecular weight excluding hydrogens is 230 g/mol. The first-order chi connectivity index (χ1) is 8.41. The summed E-state index contributed by atoms with van der Waals surface area (Å²) < 4.78 is 0. The Kier molecular flexibility index (Phi) is 5.14. The van der Waals surface area contributed by atoms with E-state index in [4.69, 9.17) is 0 Å². The molecule has 0 aliphatic carbocycles. The highest BCUT2D eigenvalue weighted by Crippen LogP contribution is 2.23. The predicted molar refractivity (Wildman–Crippen MR) is 71.1 cm³/mol. The third-order valence-electron chi connectivity index (χ3n) is 3.45. The lowest BCUT2D eigenvalue weighted by molar-refractivity contribution is -0.132. The van der Waals surface area contributed by atoms with Crippen molar-refractivity contribution in [1.82, 2.24) is 16.0 Å². The first kappa shape index (κ1) is 15.0. The van der Waals surface area contributed by atoms with Crippen molar-refractivity contribution in [3.05, 3.63) is 0 Å². The van der Waals surface area contributed by atoms with Crippen LogP contribution < -0.4 is 16.0 Å². The van der Waals surface area contributed by atoms with Crippen molar-refractivity contribution in [2.24, 2.45) is 0 Å². The number of hydrogen-bond donors (Lipinski definition) is 3. The Bertz CT molecular complexity index is 309. The van der Waals surface area contributed by atoms with Gasteiger partial charge in [0.05, 0.1) is 5.54 Å². The van der Waals surface area contributed by atoms with Crippen molar-refractivity contribution < 1.29 is 9.59 Å². The Morgan fingerprint density at radius 3 is 2.39 bits per heavy atom. The molecule has 0 aromatic carbocycles. The van der Waals surface area contributed by atoms with Crippen LogP contribution in [0.2, 0.25) is 0 Å². The highest BCUT2D eigenvalue weighted by atomic mass is 16.2. The average Bonchev–Trinajstić information content (AvgIpc) is 2.77. The molecule has 1 aliphatic heterocycles. The van der Waals surface area contributed by atoms with Crippen LogP contribution in [0.5, 0.6) is 0 Å². The number of rotatable bonds is 5. The minimum atomic E-state index is -0.495. The van der Waals surface area contributed by atoms with Crippen LogP contribution in [0.4, 0.5) is 0 Å². The van der Waals surface area contributed by atoms with E-state index >= 15 is 0 Å². The molecule has 0 spiro atoms. The Morgan fingerprint density at radius 1 is 1.28 bits per heavy atom. The van der Waals surface area contributed by atoms with Crippen LogP contribution in [0.3, 0.4) is 0 Å². The summed E-state index contributed by atoms with van der Waals surface area (Å²) in [5.41, 5.74) is -0.480. The zero-order valence-electron chi connectivity index (χ0n) is 11.8. The van der Waals surface area contributed by atoms with E-state index in [1.165, 1.54) is 0 Å². The van der Waals surface area contributed by atoms with Crippen molar-refractivity contribution in [1.29, 1.82) is 0 Å². The van der Waals surface area contributed by atoms with Gasteiger partial charge in [0.2, 0.25) is 11.8 Å². The quantitative estimate of drug-likeness (QED) is 0.672. The van der Waals surface area contributed by atoms with Crippen molar-refractivity contribution in [3.8, 4) is 0 Å². The van der Waals surface area contributed by atoms with Gasteiger partial charge in [0, 0.05) is 6.04 Å². The topological polar surface area (TPSA) is 70.2 Å². The molecule has 2 unspecified atom stereocenters. The number of amides is 2. The zero-order chi connectivity index (χ0) is 13.8. The normalized spacial score (nSPS) is 24.9. The van der Waals surface area contributed by atoms with Crippen LogP contribution in [0.1, 0.15) is 47.0 Å². The fourth-order valence-corrected chi connectivity index (χ4v) is 2.27. The molecule has 2 amide bonds. The third kappa shape index (κ3) is 3.45. The van der Waals surface area contributed by atoms with E-state index in [0.717, 1.165) is 25.8 Å². The lowest BCUT2D eigenvalue weighted by Gasteiger charge is -2.28. The van der Waals surface area contributed by atoms with Crippen LogP contribution in [0, 0.1) is 0 Å². The highest BCUT2D eigenvalue weighted by Gasteiger charge is 2.39. The molecule has 2 atom stereocenters. The van der Waals surface area contributed by atoms with E-state index in [1.54, 1.807) is 6.92 Å². The summed E-state index contributed by atoms with van der Waals surface area (Å²) in [5.74, 6) is -0.198. The van der Waals surface area contributed by atoms with Crippen LogP contribution in [0.25, 0.3) is 0 Å². The third-order valence-corrected chi connectivity index (χ3v) is 3.45. The molecule has 3 N–H and O–H groups in total. The number of carbonyl (C=O) groups is 2. The molecule has 0 bridgehead atoms. The SMILES string of the molecule is CCC1(C(=O)NC(C)C(=O)NC(C)C)CCCN1. The summed E-state index contributed by atoms with van der Waals surface area (Å²) >= 11 is 0. The average molecular weight is 255 g/mol. The Morgan fingerprint density at radius 2 is 1.94 bits per heavy atom. The Balaban J connectivity index is 2.55. The second-order valence-electron chi connectivity index (χ2n) is 5.32. The second kappa shape index (κ2) is 6.18. The zero-order valence-corrected chi connectivity index (χ0v) is 11.8. The van der Waals surface area contributed by atoms with Gasteiger partial charge in [-0.1, -0.05) is 6.92 Å². The molecule has 1 fully saturated rings. The van der Waals surface area contributed by atoms with Crippen LogP contribution >= 0.6 is 0 Å². The van der Waals surface area contributed by atoms with Gasteiger partial charge in [-0.3, -0.25) is 9.59 Å². The van der Waals surface area contributed by atoms with Crippen LogP contribution in [-0.2, 0) is 9.59 Å². The van der Waals surface area contributed by atoms with Gasteiger partial charge in [-0.25, -0.2) is 0 Å². The van der Waals surface area contributed by atoms with Gasteiger partial charge in [-0.05, 0) is 46.6 Å². The molecule has 1 saturated heterocycles. The van der Waals surface area contributed by atoms with E-state index in [1.807, 2.05) is 20.8 Å². The van der Waals surface area contributed by atoms with Crippen molar-refractivity contribution >= 4 is 11.8 Å². The van der Waals surface area contributed by atoms with Gasteiger partial charge in [0.25, 0.3) is 0 Å². The minimum Gasteiger partial charge on any atom is -0.352 e. The molecule has 0 saturated carbocycles. The molecule has 5 heteroatoms. The summed E-state index contributed by atoms with van der Waals surface area (Å²) in [6, 6.07) is -0.410. The fraction of sp³-hybridized carbons (Fsp3) is 0.846. The van der Waals surface area contributed by atoms with E-state index in [2.05, 4.69) is 16.0 Å². The minimum absolute atomic E-state index is 0.0612. The molecule has 1 rings (SSSR count). The molecule has 1 aliphatic rings. The van der Waals surface area contributed by atoms with Gasteiger partial charge >= 0.3 is 0 Å². The summed E-state index contributed by atoms with van der Waals surface area (Å²) in [6.45, 7) is 8.38. The van der Waals surface area contributed by atoms with Crippen molar-refractivity contribution in [3.63, 3.8) is 0 Å². The number of carbonyl (C=O) groups excluding carboxylic acids is 2. The first-order valence-corrected chi connectivity index (χ1v) is 6.77. The largest absolute Gasteiger partial charge is 0.352 e. The number of hydrogen-bond acceptors (Lipinski definition) is 3. The lowest BCUT2D eigenvalue weighted by Crippen LogP contribution is -2.57.